The molecule has 0 fully saturated rings. The molecule has 1 aromatic carbocycles. The molecule has 0 atom stereocenters. The van der Waals surface area contributed by atoms with Crippen molar-refractivity contribution in [2.45, 2.75) is 31.0 Å². The van der Waals surface area contributed by atoms with Crippen LogP contribution in [0.25, 0.3) is 0 Å². The topological polar surface area (TPSA) is 78.0 Å². The molecule has 0 bridgehead atoms. The summed E-state index contributed by atoms with van der Waals surface area (Å²) in [7, 11) is -3.71. The summed E-state index contributed by atoms with van der Waals surface area (Å²) in [6, 6.07) is 5.04. The molecule has 108 valence electrons. The second-order valence-electron chi connectivity index (χ2n) is 4.53. The summed E-state index contributed by atoms with van der Waals surface area (Å²) >= 11 is 0. The summed E-state index contributed by atoms with van der Waals surface area (Å²) < 4.78 is 39.6. The Hall–Kier alpha value is -1.89. The van der Waals surface area contributed by atoms with Gasteiger partial charge >= 0.3 is 0 Å². The number of anilines is 1. The molecule has 5 nitrogen and oxygen atoms in total. The lowest BCUT2D eigenvalue weighted by Crippen LogP contribution is -2.12. The molecule has 0 spiro atoms. The van der Waals surface area contributed by atoms with Crippen molar-refractivity contribution in [1.29, 1.82) is 0 Å². The summed E-state index contributed by atoms with van der Waals surface area (Å²) in [4.78, 5) is -0.181. The number of nitrogen functional groups attached to an aromatic ring is 1. The van der Waals surface area contributed by atoms with Gasteiger partial charge < -0.3 is 5.73 Å². The van der Waals surface area contributed by atoms with Gasteiger partial charge in [-0.2, -0.15) is 5.10 Å². The first kappa shape index (κ1) is 14.5. The molecule has 0 radical (unpaired) electrons. The lowest BCUT2D eigenvalue weighted by molar-refractivity contribution is 0.582. The molecule has 2 N–H and O–H groups in total. The molecular weight excluding hydrogens is 281 g/mol. The summed E-state index contributed by atoms with van der Waals surface area (Å²) in [6.07, 6.45) is 0. The minimum Gasteiger partial charge on any atom is -0.398 e. The van der Waals surface area contributed by atoms with Gasteiger partial charge in [0.2, 0.25) is 0 Å². The lowest BCUT2D eigenvalue weighted by Gasteiger charge is -2.08. The third-order valence-electron chi connectivity index (χ3n) is 2.93. The van der Waals surface area contributed by atoms with Crippen molar-refractivity contribution in [3.8, 4) is 0 Å². The molecule has 0 unspecified atom stereocenters. The number of aryl methyl sites for hydroxylation is 2. The third-order valence-corrected chi connectivity index (χ3v) is 4.63. The van der Waals surface area contributed by atoms with Crippen LogP contribution in [0.1, 0.15) is 18.3 Å². The van der Waals surface area contributed by atoms with Gasteiger partial charge in [-0.05, 0) is 38.1 Å². The smallest absolute Gasteiger partial charge is 0.186 e. The Kier molecular flexibility index (Phi) is 3.80. The average molecular weight is 297 g/mol. The van der Waals surface area contributed by atoms with Crippen molar-refractivity contribution in [2.75, 3.05) is 5.73 Å². The van der Waals surface area contributed by atoms with Crippen LogP contribution in [0.3, 0.4) is 0 Å². The van der Waals surface area contributed by atoms with Crippen LogP contribution < -0.4 is 5.73 Å². The molecule has 2 rings (SSSR count). The molecule has 1 aromatic heterocycles. The second kappa shape index (κ2) is 5.24. The van der Waals surface area contributed by atoms with Gasteiger partial charge in [0.15, 0.2) is 9.84 Å². The average Bonchev–Trinajstić information content (AvgIpc) is 2.71. The number of sulfone groups is 1. The number of nitrogens with zero attached hydrogens (tertiary/aromatic N) is 2. The molecule has 0 saturated heterocycles. The van der Waals surface area contributed by atoms with Crippen LogP contribution >= 0.6 is 0 Å². The fourth-order valence-electron chi connectivity index (χ4n) is 2.04. The van der Waals surface area contributed by atoms with E-state index in [-0.39, 0.29) is 16.3 Å². The first-order valence-corrected chi connectivity index (χ1v) is 7.80. The van der Waals surface area contributed by atoms with Crippen molar-refractivity contribution >= 4 is 15.5 Å². The molecule has 0 aliphatic rings. The molecule has 20 heavy (non-hydrogen) atoms. The maximum atomic E-state index is 13.2. The fourth-order valence-corrected chi connectivity index (χ4v) is 3.54. The molecule has 0 aliphatic carbocycles. The minimum atomic E-state index is -3.71. The van der Waals surface area contributed by atoms with Crippen LogP contribution in [-0.4, -0.2) is 18.2 Å². The number of benzene rings is 1. The highest BCUT2D eigenvalue weighted by Crippen LogP contribution is 2.23. The van der Waals surface area contributed by atoms with Gasteiger partial charge in [-0.3, -0.25) is 4.68 Å². The molecule has 7 heteroatoms. The number of rotatable bonds is 4. The Balaban J connectivity index is 2.43. The number of nitrogens with two attached hydrogens (primary N) is 1. The Morgan fingerprint density at radius 3 is 2.70 bits per heavy atom. The van der Waals surface area contributed by atoms with E-state index in [0.717, 1.165) is 17.8 Å². The molecule has 1 heterocycles. The molecule has 2 aromatic rings. The van der Waals surface area contributed by atoms with Gasteiger partial charge in [0.25, 0.3) is 0 Å². The number of hydrogen-bond donors (Lipinski definition) is 1. The second-order valence-corrected chi connectivity index (χ2v) is 6.49. The van der Waals surface area contributed by atoms with Gasteiger partial charge in [0.05, 0.1) is 27.7 Å². The van der Waals surface area contributed by atoms with E-state index < -0.39 is 15.7 Å². The minimum absolute atomic E-state index is 0.0469. The van der Waals surface area contributed by atoms with E-state index in [1.807, 2.05) is 6.92 Å². The highest BCUT2D eigenvalue weighted by Gasteiger charge is 2.21. The molecular formula is C13H16FN3O2S. The van der Waals surface area contributed by atoms with Gasteiger partial charge in [0.1, 0.15) is 5.82 Å². The van der Waals surface area contributed by atoms with Crippen molar-refractivity contribution in [2.24, 2.45) is 0 Å². The van der Waals surface area contributed by atoms with Crippen molar-refractivity contribution in [3.63, 3.8) is 0 Å². The number of hydrogen-bond acceptors (Lipinski definition) is 4. The first-order chi connectivity index (χ1) is 9.33. The highest BCUT2D eigenvalue weighted by atomic mass is 32.2. The van der Waals surface area contributed by atoms with Crippen LogP contribution in [0, 0.1) is 12.7 Å². The van der Waals surface area contributed by atoms with Crippen molar-refractivity contribution < 1.29 is 12.8 Å². The molecule has 0 aliphatic heterocycles. The summed E-state index contributed by atoms with van der Waals surface area (Å²) in [5.41, 5.74) is 6.99. The third kappa shape index (κ3) is 2.82. The largest absolute Gasteiger partial charge is 0.398 e. The first-order valence-electron chi connectivity index (χ1n) is 6.14. The zero-order valence-corrected chi connectivity index (χ0v) is 12.1. The van der Waals surface area contributed by atoms with Crippen molar-refractivity contribution in [3.05, 3.63) is 41.5 Å². The Morgan fingerprint density at radius 2 is 2.05 bits per heavy atom. The van der Waals surface area contributed by atoms with Gasteiger partial charge in [-0.15, -0.1) is 0 Å². The molecule has 0 amide bonds. The van der Waals surface area contributed by atoms with E-state index in [0.29, 0.717) is 12.2 Å². The van der Waals surface area contributed by atoms with E-state index in [2.05, 4.69) is 5.10 Å². The monoisotopic (exact) mass is 297 g/mol. The normalized spacial score (nSPS) is 11.8. The van der Waals surface area contributed by atoms with E-state index in [4.69, 9.17) is 5.73 Å². The van der Waals surface area contributed by atoms with Crippen LogP contribution in [-0.2, 0) is 22.1 Å². The van der Waals surface area contributed by atoms with E-state index >= 15 is 0 Å². The Bertz CT molecular complexity index is 738. The maximum Gasteiger partial charge on any atom is 0.186 e. The Labute approximate surface area is 117 Å². The zero-order valence-electron chi connectivity index (χ0n) is 11.3. The Morgan fingerprint density at radius 1 is 1.35 bits per heavy atom. The number of halogens is 1. The van der Waals surface area contributed by atoms with Gasteiger partial charge in [-0.25, -0.2) is 12.8 Å². The maximum absolute atomic E-state index is 13.2. The van der Waals surface area contributed by atoms with Crippen LogP contribution in [0.2, 0.25) is 0 Å². The summed E-state index contributed by atoms with van der Waals surface area (Å²) in [5, 5.41) is 4.19. The van der Waals surface area contributed by atoms with E-state index in [1.54, 1.807) is 17.7 Å². The SMILES string of the molecule is CCn1nc(C)cc1CS(=O)(=O)c1cc(F)ccc1N. The van der Waals surface area contributed by atoms with Crippen LogP contribution in [0.15, 0.2) is 29.2 Å². The van der Waals surface area contributed by atoms with Gasteiger partial charge in [-0.1, -0.05) is 0 Å². The van der Waals surface area contributed by atoms with E-state index in [9.17, 15) is 12.8 Å². The fraction of sp³-hybridized carbons (Fsp3) is 0.308. The predicted octanol–water partition coefficient (Wildman–Crippen LogP) is 1.91. The zero-order chi connectivity index (χ0) is 14.9. The van der Waals surface area contributed by atoms with Crippen LogP contribution in [0.4, 0.5) is 10.1 Å². The predicted molar refractivity (Wildman–Crippen MR) is 74.3 cm³/mol. The van der Waals surface area contributed by atoms with E-state index in [1.165, 1.54) is 6.07 Å². The van der Waals surface area contributed by atoms with Gasteiger partial charge in [0, 0.05) is 6.54 Å². The number of aromatic nitrogens is 2. The molecule has 0 saturated carbocycles. The summed E-state index contributed by atoms with van der Waals surface area (Å²) in [5.74, 6) is -0.882. The highest BCUT2D eigenvalue weighted by molar-refractivity contribution is 7.90. The van der Waals surface area contributed by atoms with Crippen molar-refractivity contribution in [1.82, 2.24) is 9.78 Å². The quantitative estimate of drug-likeness (QED) is 0.874. The van der Waals surface area contributed by atoms with Crippen LogP contribution in [0.5, 0.6) is 0 Å². The summed E-state index contributed by atoms with van der Waals surface area (Å²) in [6.45, 7) is 4.23. The lowest BCUT2D eigenvalue weighted by atomic mass is 10.3. The standard InChI is InChI=1S/C13H16FN3O2S/c1-3-17-11(6-9(2)16-17)8-20(18,19)13-7-10(14)4-5-12(13)15/h4-7H,3,8,15H2,1-2H3.